The van der Waals surface area contributed by atoms with E-state index in [-0.39, 0.29) is 0 Å². The molecule has 5 nitrogen and oxygen atoms in total. The summed E-state index contributed by atoms with van der Waals surface area (Å²) in [5.41, 5.74) is 2.67. The van der Waals surface area contributed by atoms with Crippen molar-refractivity contribution in [3.8, 4) is 5.75 Å². The third-order valence-corrected chi connectivity index (χ3v) is 3.97. The quantitative estimate of drug-likeness (QED) is 0.615. The number of fused-ring (bicyclic) bond motifs is 1. The fraction of sp³-hybridized carbons (Fsp3) is 0.222. The van der Waals surface area contributed by atoms with Crippen LogP contribution in [0, 0.1) is 6.92 Å². The van der Waals surface area contributed by atoms with Crippen LogP contribution in [0.1, 0.15) is 28.7 Å². The van der Waals surface area contributed by atoms with Gasteiger partial charge in [-0.3, -0.25) is 4.40 Å². The van der Waals surface area contributed by atoms with Crippen LogP contribution in [0.2, 0.25) is 0 Å². The van der Waals surface area contributed by atoms with Crippen molar-refractivity contribution in [1.29, 1.82) is 0 Å². The van der Waals surface area contributed by atoms with E-state index in [1.165, 1.54) is 0 Å². The predicted molar refractivity (Wildman–Crippen MR) is 94.4 cm³/mol. The topological polar surface area (TPSA) is 52.8 Å². The Balaban J connectivity index is 1.99. The van der Waals surface area contributed by atoms with Gasteiger partial charge >= 0.3 is 5.97 Å². The first-order valence-corrected chi connectivity index (χ1v) is 8.41. The summed E-state index contributed by atoms with van der Waals surface area (Å²) in [7, 11) is 0. The summed E-state index contributed by atoms with van der Waals surface area (Å²) in [5, 5.41) is 0. The van der Waals surface area contributed by atoms with Crippen LogP contribution in [-0.2, 0) is 11.3 Å². The van der Waals surface area contributed by atoms with Crippen molar-refractivity contribution in [2.24, 2.45) is 0 Å². The van der Waals surface area contributed by atoms with Gasteiger partial charge in [0, 0.05) is 10.7 Å². The number of aryl methyl sites for hydroxylation is 1. The third kappa shape index (κ3) is 3.28. The van der Waals surface area contributed by atoms with Crippen LogP contribution < -0.4 is 4.74 Å². The fourth-order valence-corrected chi connectivity index (χ4v) is 2.90. The van der Waals surface area contributed by atoms with E-state index in [0.717, 1.165) is 10.0 Å². The van der Waals surface area contributed by atoms with Crippen LogP contribution in [0.15, 0.2) is 47.1 Å². The zero-order valence-corrected chi connectivity index (χ0v) is 15.0. The van der Waals surface area contributed by atoms with Crippen LogP contribution >= 0.6 is 15.9 Å². The first kappa shape index (κ1) is 16.5. The zero-order valence-electron chi connectivity index (χ0n) is 13.5. The van der Waals surface area contributed by atoms with E-state index in [2.05, 4.69) is 20.9 Å². The Hall–Kier alpha value is -2.34. The molecule has 124 valence electrons. The van der Waals surface area contributed by atoms with E-state index >= 15 is 0 Å². The molecule has 0 N–H and O–H groups in total. The van der Waals surface area contributed by atoms with Crippen molar-refractivity contribution < 1.29 is 14.3 Å². The third-order valence-electron chi connectivity index (χ3n) is 3.53. The van der Waals surface area contributed by atoms with Crippen molar-refractivity contribution in [2.75, 3.05) is 6.61 Å². The second-order valence-corrected chi connectivity index (χ2v) is 6.17. The Morgan fingerprint density at radius 2 is 2.04 bits per heavy atom. The minimum absolute atomic E-state index is 0.316. The van der Waals surface area contributed by atoms with Gasteiger partial charge in [0.2, 0.25) is 0 Å². The molecule has 0 saturated carbocycles. The molecule has 6 heteroatoms. The standard InChI is InChI=1S/C18H17BrN2O3/c1-3-23-18(22)16-12(2)20-17-15(9-14(19)10-21(16)17)24-11-13-7-5-4-6-8-13/h4-10H,3,11H2,1-2H3. The second-order valence-electron chi connectivity index (χ2n) is 5.26. The molecule has 24 heavy (non-hydrogen) atoms. The van der Waals surface area contributed by atoms with Crippen LogP contribution in [0.4, 0.5) is 0 Å². The highest BCUT2D eigenvalue weighted by atomic mass is 79.9. The van der Waals surface area contributed by atoms with Gasteiger partial charge in [0.1, 0.15) is 6.61 Å². The normalized spacial score (nSPS) is 10.8. The first-order valence-electron chi connectivity index (χ1n) is 7.62. The molecular formula is C18H17BrN2O3. The SMILES string of the molecule is CCOC(=O)c1c(C)nc2c(OCc3ccccc3)cc(Br)cn12. The molecule has 0 unspecified atom stereocenters. The van der Waals surface area contributed by atoms with Gasteiger partial charge in [0.15, 0.2) is 17.1 Å². The molecule has 0 amide bonds. The number of halogens is 1. The lowest BCUT2D eigenvalue weighted by atomic mass is 10.2. The molecule has 0 fully saturated rings. The molecule has 3 rings (SSSR count). The molecule has 3 aromatic rings. The Morgan fingerprint density at radius 1 is 1.29 bits per heavy atom. The van der Waals surface area contributed by atoms with E-state index in [0.29, 0.717) is 36.0 Å². The summed E-state index contributed by atoms with van der Waals surface area (Å²) in [6, 6.07) is 11.7. The van der Waals surface area contributed by atoms with E-state index < -0.39 is 5.97 Å². The van der Waals surface area contributed by atoms with E-state index in [9.17, 15) is 4.79 Å². The molecule has 0 aliphatic carbocycles. The van der Waals surface area contributed by atoms with Crippen molar-refractivity contribution in [3.05, 3.63) is 64.0 Å². The maximum absolute atomic E-state index is 12.2. The number of benzene rings is 1. The molecule has 0 saturated heterocycles. The van der Waals surface area contributed by atoms with Crippen molar-refractivity contribution >= 4 is 27.5 Å². The highest BCUT2D eigenvalue weighted by Crippen LogP contribution is 2.27. The summed E-state index contributed by atoms with van der Waals surface area (Å²) in [6.45, 7) is 4.30. The number of carbonyl (C=O) groups is 1. The Kier molecular flexibility index (Phi) is 4.85. The molecule has 0 bridgehead atoms. The summed E-state index contributed by atoms with van der Waals surface area (Å²) < 4.78 is 13.6. The zero-order chi connectivity index (χ0) is 17.1. The molecule has 2 heterocycles. The number of carbonyl (C=O) groups excluding carboxylic acids is 1. The number of hydrogen-bond donors (Lipinski definition) is 0. The summed E-state index contributed by atoms with van der Waals surface area (Å²) in [6.07, 6.45) is 1.79. The number of rotatable bonds is 5. The summed E-state index contributed by atoms with van der Waals surface area (Å²) >= 11 is 3.46. The molecule has 0 atom stereocenters. The highest BCUT2D eigenvalue weighted by molar-refractivity contribution is 9.10. The Labute approximate surface area is 148 Å². The molecular weight excluding hydrogens is 372 g/mol. The average Bonchev–Trinajstić information content (AvgIpc) is 2.89. The van der Waals surface area contributed by atoms with Crippen molar-refractivity contribution in [3.63, 3.8) is 0 Å². The smallest absolute Gasteiger partial charge is 0.357 e. The summed E-state index contributed by atoms with van der Waals surface area (Å²) in [5.74, 6) is 0.210. The molecule has 0 spiro atoms. The minimum Gasteiger partial charge on any atom is -0.485 e. The number of nitrogens with zero attached hydrogens (tertiary/aromatic N) is 2. The monoisotopic (exact) mass is 388 g/mol. The number of pyridine rings is 1. The number of hydrogen-bond acceptors (Lipinski definition) is 4. The predicted octanol–water partition coefficient (Wildman–Crippen LogP) is 4.16. The van der Waals surface area contributed by atoms with Gasteiger partial charge in [0.05, 0.1) is 12.3 Å². The molecule has 0 radical (unpaired) electrons. The first-order chi connectivity index (χ1) is 11.6. The Morgan fingerprint density at radius 3 is 2.75 bits per heavy atom. The van der Waals surface area contributed by atoms with Gasteiger partial charge in [-0.2, -0.15) is 0 Å². The van der Waals surface area contributed by atoms with Crippen LogP contribution in [0.5, 0.6) is 5.75 Å². The van der Waals surface area contributed by atoms with Gasteiger partial charge in [-0.15, -0.1) is 0 Å². The number of aromatic nitrogens is 2. The number of ether oxygens (including phenoxy) is 2. The fourth-order valence-electron chi connectivity index (χ4n) is 2.48. The van der Waals surface area contributed by atoms with Gasteiger partial charge in [-0.25, -0.2) is 9.78 Å². The van der Waals surface area contributed by atoms with Crippen LogP contribution in [0.25, 0.3) is 5.65 Å². The van der Waals surface area contributed by atoms with Crippen molar-refractivity contribution in [1.82, 2.24) is 9.38 Å². The number of imidazole rings is 1. The molecule has 0 aliphatic rings. The molecule has 1 aromatic carbocycles. The molecule has 0 aliphatic heterocycles. The minimum atomic E-state index is -0.394. The lowest BCUT2D eigenvalue weighted by Gasteiger charge is -2.09. The van der Waals surface area contributed by atoms with Gasteiger partial charge in [0.25, 0.3) is 0 Å². The van der Waals surface area contributed by atoms with Crippen LogP contribution in [0.3, 0.4) is 0 Å². The van der Waals surface area contributed by atoms with E-state index in [4.69, 9.17) is 9.47 Å². The lowest BCUT2D eigenvalue weighted by Crippen LogP contribution is -2.09. The van der Waals surface area contributed by atoms with Crippen LogP contribution in [-0.4, -0.2) is 22.0 Å². The average molecular weight is 389 g/mol. The lowest BCUT2D eigenvalue weighted by molar-refractivity contribution is 0.0517. The number of esters is 1. The van der Waals surface area contributed by atoms with Crippen molar-refractivity contribution in [2.45, 2.75) is 20.5 Å². The van der Waals surface area contributed by atoms with E-state index in [1.54, 1.807) is 24.4 Å². The maximum atomic E-state index is 12.2. The highest BCUT2D eigenvalue weighted by Gasteiger charge is 2.20. The van der Waals surface area contributed by atoms with Gasteiger partial charge in [-0.05, 0) is 41.4 Å². The van der Waals surface area contributed by atoms with Gasteiger partial charge in [-0.1, -0.05) is 30.3 Å². The molecule has 2 aromatic heterocycles. The largest absolute Gasteiger partial charge is 0.485 e. The maximum Gasteiger partial charge on any atom is 0.357 e. The Bertz CT molecular complexity index is 875. The van der Waals surface area contributed by atoms with Gasteiger partial charge < -0.3 is 9.47 Å². The second kappa shape index (κ2) is 7.05. The summed E-state index contributed by atoms with van der Waals surface area (Å²) in [4.78, 5) is 16.7. The van der Waals surface area contributed by atoms with E-state index in [1.807, 2.05) is 36.4 Å².